The molecule has 80 valence electrons. The van der Waals surface area contributed by atoms with Crippen molar-refractivity contribution in [1.82, 2.24) is 9.78 Å². The summed E-state index contributed by atoms with van der Waals surface area (Å²) in [6.45, 7) is 7.98. The summed E-state index contributed by atoms with van der Waals surface area (Å²) < 4.78 is 7.56. The molecule has 0 amide bonds. The molecule has 3 heteroatoms. The average molecular weight is 196 g/mol. The first-order chi connectivity index (χ1) is 6.76. The van der Waals surface area contributed by atoms with Crippen LogP contribution in [-0.2, 0) is 17.9 Å². The normalized spacial score (nSPS) is 13.1. The molecule has 0 aliphatic carbocycles. The highest BCUT2D eigenvalue weighted by molar-refractivity contribution is 4.96. The van der Waals surface area contributed by atoms with Gasteiger partial charge in [0.05, 0.1) is 18.4 Å². The van der Waals surface area contributed by atoms with Crippen molar-refractivity contribution < 1.29 is 4.74 Å². The lowest BCUT2D eigenvalue weighted by molar-refractivity contribution is 0.0486. The van der Waals surface area contributed by atoms with Gasteiger partial charge < -0.3 is 4.74 Å². The second-order valence-corrected chi connectivity index (χ2v) is 3.60. The molecular weight excluding hydrogens is 176 g/mol. The number of hydrogen-bond acceptors (Lipinski definition) is 2. The van der Waals surface area contributed by atoms with E-state index in [0.29, 0.717) is 12.7 Å². The van der Waals surface area contributed by atoms with E-state index in [2.05, 4.69) is 25.9 Å². The van der Waals surface area contributed by atoms with E-state index in [1.165, 1.54) is 0 Å². The van der Waals surface area contributed by atoms with Crippen molar-refractivity contribution in [2.24, 2.45) is 0 Å². The van der Waals surface area contributed by atoms with Gasteiger partial charge in [-0.2, -0.15) is 5.10 Å². The molecule has 1 aromatic heterocycles. The van der Waals surface area contributed by atoms with Crippen LogP contribution in [0.2, 0.25) is 0 Å². The molecule has 3 nitrogen and oxygen atoms in total. The van der Waals surface area contributed by atoms with Crippen LogP contribution in [-0.4, -0.2) is 15.9 Å². The molecular formula is C11H20N2O. The van der Waals surface area contributed by atoms with Gasteiger partial charge in [0.1, 0.15) is 0 Å². The van der Waals surface area contributed by atoms with E-state index >= 15 is 0 Å². The Morgan fingerprint density at radius 1 is 1.50 bits per heavy atom. The minimum absolute atomic E-state index is 0.325. The van der Waals surface area contributed by atoms with Gasteiger partial charge >= 0.3 is 0 Å². The molecule has 0 N–H and O–H groups in total. The fourth-order valence-corrected chi connectivity index (χ4v) is 1.18. The summed E-state index contributed by atoms with van der Waals surface area (Å²) in [4.78, 5) is 0. The van der Waals surface area contributed by atoms with E-state index in [4.69, 9.17) is 4.74 Å². The Balaban J connectivity index is 2.35. The van der Waals surface area contributed by atoms with E-state index in [1.807, 2.05) is 16.9 Å². The van der Waals surface area contributed by atoms with Crippen LogP contribution in [0.15, 0.2) is 12.3 Å². The SMILES string of the molecule is CCCn1ccc(COC(C)CC)n1. The highest BCUT2D eigenvalue weighted by Crippen LogP contribution is 2.03. The molecule has 1 aromatic rings. The van der Waals surface area contributed by atoms with Crippen LogP contribution in [0.1, 0.15) is 39.3 Å². The summed E-state index contributed by atoms with van der Waals surface area (Å²) in [5.41, 5.74) is 1.03. The van der Waals surface area contributed by atoms with Crippen molar-refractivity contribution in [2.75, 3.05) is 0 Å². The lowest BCUT2D eigenvalue weighted by Gasteiger charge is -2.08. The third kappa shape index (κ3) is 3.50. The number of aryl methyl sites for hydroxylation is 1. The second kappa shape index (κ2) is 5.81. The van der Waals surface area contributed by atoms with Crippen molar-refractivity contribution in [1.29, 1.82) is 0 Å². The van der Waals surface area contributed by atoms with Gasteiger partial charge in [0.25, 0.3) is 0 Å². The Labute approximate surface area is 86.1 Å². The van der Waals surface area contributed by atoms with Gasteiger partial charge in [0.2, 0.25) is 0 Å². The number of ether oxygens (including phenoxy) is 1. The maximum absolute atomic E-state index is 5.59. The maximum Gasteiger partial charge on any atom is 0.0910 e. The van der Waals surface area contributed by atoms with Gasteiger partial charge in [-0.3, -0.25) is 4.68 Å². The van der Waals surface area contributed by atoms with Gasteiger partial charge in [0, 0.05) is 12.7 Å². The number of aromatic nitrogens is 2. The van der Waals surface area contributed by atoms with E-state index in [-0.39, 0.29) is 0 Å². The fourth-order valence-electron chi connectivity index (χ4n) is 1.18. The summed E-state index contributed by atoms with van der Waals surface area (Å²) in [5, 5.41) is 4.40. The molecule has 0 aromatic carbocycles. The van der Waals surface area contributed by atoms with Crippen LogP contribution >= 0.6 is 0 Å². The van der Waals surface area contributed by atoms with Crippen molar-refractivity contribution >= 4 is 0 Å². The van der Waals surface area contributed by atoms with E-state index in [9.17, 15) is 0 Å². The monoisotopic (exact) mass is 196 g/mol. The molecule has 0 radical (unpaired) electrons. The zero-order valence-electron chi connectivity index (χ0n) is 9.36. The predicted molar refractivity (Wildman–Crippen MR) is 57.1 cm³/mol. The smallest absolute Gasteiger partial charge is 0.0910 e. The topological polar surface area (TPSA) is 27.1 Å². The molecule has 1 heterocycles. The average Bonchev–Trinajstić information content (AvgIpc) is 2.63. The lowest BCUT2D eigenvalue weighted by Crippen LogP contribution is -2.07. The summed E-state index contributed by atoms with van der Waals surface area (Å²) in [7, 11) is 0. The maximum atomic E-state index is 5.59. The van der Waals surface area contributed by atoms with Crippen molar-refractivity contribution in [3.8, 4) is 0 Å². The van der Waals surface area contributed by atoms with Gasteiger partial charge in [-0.25, -0.2) is 0 Å². The summed E-state index contributed by atoms with van der Waals surface area (Å²) >= 11 is 0. The molecule has 1 atom stereocenters. The molecule has 0 saturated carbocycles. The minimum Gasteiger partial charge on any atom is -0.372 e. The largest absolute Gasteiger partial charge is 0.372 e. The molecule has 1 rings (SSSR count). The Morgan fingerprint density at radius 2 is 2.29 bits per heavy atom. The van der Waals surface area contributed by atoms with Gasteiger partial charge in [-0.05, 0) is 25.8 Å². The van der Waals surface area contributed by atoms with Crippen LogP contribution in [0.3, 0.4) is 0 Å². The Hall–Kier alpha value is -0.830. The van der Waals surface area contributed by atoms with Gasteiger partial charge in [-0.15, -0.1) is 0 Å². The first kappa shape index (κ1) is 11.2. The number of nitrogens with zero attached hydrogens (tertiary/aromatic N) is 2. The molecule has 0 fully saturated rings. The first-order valence-electron chi connectivity index (χ1n) is 5.40. The Morgan fingerprint density at radius 3 is 2.93 bits per heavy atom. The molecule has 0 spiro atoms. The Bertz CT molecular complexity index is 258. The zero-order chi connectivity index (χ0) is 10.4. The summed E-state index contributed by atoms with van der Waals surface area (Å²) in [5.74, 6) is 0. The quantitative estimate of drug-likeness (QED) is 0.699. The second-order valence-electron chi connectivity index (χ2n) is 3.60. The molecule has 0 bridgehead atoms. The van der Waals surface area contributed by atoms with Crippen LogP contribution in [0.4, 0.5) is 0 Å². The number of hydrogen-bond donors (Lipinski definition) is 0. The first-order valence-corrected chi connectivity index (χ1v) is 5.40. The van der Waals surface area contributed by atoms with Crippen LogP contribution in [0.5, 0.6) is 0 Å². The standard InChI is InChI=1S/C11H20N2O/c1-4-7-13-8-6-11(12-13)9-14-10(3)5-2/h6,8,10H,4-5,7,9H2,1-3H3. The third-order valence-electron chi connectivity index (χ3n) is 2.24. The van der Waals surface area contributed by atoms with Gasteiger partial charge in [0.15, 0.2) is 0 Å². The van der Waals surface area contributed by atoms with Crippen molar-refractivity contribution in [3.05, 3.63) is 18.0 Å². The third-order valence-corrected chi connectivity index (χ3v) is 2.24. The lowest BCUT2D eigenvalue weighted by atomic mass is 10.3. The van der Waals surface area contributed by atoms with Crippen LogP contribution < -0.4 is 0 Å². The predicted octanol–water partition coefficient (Wildman–Crippen LogP) is 2.61. The Kier molecular flexibility index (Phi) is 4.66. The number of rotatable bonds is 6. The van der Waals surface area contributed by atoms with E-state index in [1.54, 1.807) is 0 Å². The molecule has 1 unspecified atom stereocenters. The van der Waals surface area contributed by atoms with Crippen LogP contribution in [0.25, 0.3) is 0 Å². The fraction of sp³-hybridized carbons (Fsp3) is 0.727. The van der Waals surface area contributed by atoms with E-state index in [0.717, 1.165) is 25.1 Å². The minimum atomic E-state index is 0.325. The highest BCUT2D eigenvalue weighted by atomic mass is 16.5. The summed E-state index contributed by atoms with van der Waals surface area (Å²) in [6, 6.07) is 2.03. The molecule has 0 aliphatic rings. The summed E-state index contributed by atoms with van der Waals surface area (Å²) in [6.07, 6.45) is 4.51. The van der Waals surface area contributed by atoms with E-state index < -0.39 is 0 Å². The highest BCUT2D eigenvalue weighted by Gasteiger charge is 2.02. The van der Waals surface area contributed by atoms with Crippen molar-refractivity contribution in [3.63, 3.8) is 0 Å². The van der Waals surface area contributed by atoms with Gasteiger partial charge in [-0.1, -0.05) is 13.8 Å². The van der Waals surface area contributed by atoms with Crippen molar-refractivity contribution in [2.45, 2.75) is 52.9 Å². The molecule has 0 saturated heterocycles. The molecule has 14 heavy (non-hydrogen) atoms. The zero-order valence-corrected chi connectivity index (χ0v) is 9.36. The van der Waals surface area contributed by atoms with Crippen LogP contribution in [0, 0.1) is 0 Å². The molecule has 0 aliphatic heterocycles.